The number of ether oxygens (including phenoxy) is 3. The highest BCUT2D eigenvalue weighted by atomic mass is 32.2. The molecule has 194 valence electrons. The van der Waals surface area contributed by atoms with Crippen molar-refractivity contribution in [2.75, 3.05) is 62.5 Å². The number of nitrogens with one attached hydrogen (secondary N) is 1. The monoisotopic (exact) mass is 521 g/mol. The number of rotatable bonds is 10. The summed E-state index contributed by atoms with van der Waals surface area (Å²) in [5.41, 5.74) is 3.39. The van der Waals surface area contributed by atoms with E-state index in [-0.39, 0.29) is 17.1 Å². The van der Waals surface area contributed by atoms with Gasteiger partial charge in [0.05, 0.1) is 50.5 Å². The molecule has 2 aromatic carbocycles. The number of carbonyl (C=O) groups is 1. The van der Waals surface area contributed by atoms with Crippen LogP contribution in [-0.4, -0.2) is 78.8 Å². The summed E-state index contributed by atoms with van der Waals surface area (Å²) in [6.07, 6.45) is 2.24. The number of benzene rings is 2. The van der Waals surface area contributed by atoms with Gasteiger partial charge < -0.3 is 19.1 Å². The first kappa shape index (κ1) is 26.7. The van der Waals surface area contributed by atoms with E-state index < -0.39 is 27.4 Å². The zero-order chi connectivity index (χ0) is 26.3. The summed E-state index contributed by atoms with van der Waals surface area (Å²) < 4.78 is 41.6. The van der Waals surface area contributed by atoms with Crippen LogP contribution in [-0.2, 0) is 19.6 Å². The van der Waals surface area contributed by atoms with Crippen LogP contribution in [0.5, 0.6) is 11.5 Å². The van der Waals surface area contributed by atoms with Gasteiger partial charge in [-0.15, -0.1) is 0 Å². The van der Waals surface area contributed by atoms with Crippen molar-refractivity contribution in [3.8, 4) is 11.5 Å². The zero-order valence-corrected chi connectivity index (χ0v) is 20.9. The molecule has 36 heavy (non-hydrogen) atoms. The van der Waals surface area contributed by atoms with Crippen LogP contribution < -0.4 is 24.1 Å². The van der Waals surface area contributed by atoms with Gasteiger partial charge in [0.2, 0.25) is 10.0 Å². The van der Waals surface area contributed by atoms with E-state index in [1.807, 2.05) is 4.90 Å². The fraction of sp³-hybridized carbons (Fsp3) is 0.364. The second-order valence-electron chi connectivity index (χ2n) is 7.70. The van der Waals surface area contributed by atoms with Gasteiger partial charge in [-0.05, 0) is 18.2 Å². The van der Waals surface area contributed by atoms with Gasteiger partial charge >= 0.3 is 0 Å². The van der Waals surface area contributed by atoms with Crippen molar-refractivity contribution < 1.29 is 32.3 Å². The molecular formula is C22H27N5O8S. The maximum absolute atomic E-state index is 12.6. The molecule has 1 aliphatic heterocycles. The van der Waals surface area contributed by atoms with Crippen molar-refractivity contribution in [2.45, 2.75) is 0 Å². The van der Waals surface area contributed by atoms with Crippen LogP contribution in [0.2, 0.25) is 0 Å². The first-order valence-corrected chi connectivity index (χ1v) is 12.6. The fourth-order valence-electron chi connectivity index (χ4n) is 3.56. The number of nitro benzene ring substituents is 1. The van der Waals surface area contributed by atoms with E-state index in [1.54, 1.807) is 12.1 Å². The van der Waals surface area contributed by atoms with Crippen molar-refractivity contribution in [1.29, 1.82) is 0 Å². The number of nitrogens with zero attached hydrogens (tertiary/aromatic N) is 4. The molecule has 2 aromatic rings. The molecule has 0 aliphatic carbocycles. The number of sulfonamides is 1. The number of anilines is 2. The average molecular weight is 522 g/mol. The van der Waals surface area contributed by atoms with Gasteiger partial charge in [0.25, 0.3) is 11.6 Å². The summed E-state index contributed by atoms with van der Waals surface area (Å²) in [5, 5.41) is 15.2. The van der Waals surface area contributed by atoms with E-state index in [0.717, 1.165) is 10.6 Å². The van der Waals surface area contributed by atoms with E-state index in [4.69, 9.17) is 14.2 Å². The Kier molecular flexibility index (Phi) is 8.66. The Morgan fingerprint density at radius 1 is 1.22 bits per heavy atom. The summed E-state index contributed by atoms with van der Waals surface area (Å²) >= 11 is 0. The summed E-state index contributed by atoms with van der Waals surface area (Å²) in [6.45, 7) is 1.62. The van der Waals surface area contributed by atoms with E-state index in [0.29, 0.717) is 43.3 Å². The fourth-order valence-corrected chi connectivity index (χ4v) is 4.42. The Bertz CT molecular complexity index is 1240. The van der Waals surface area contributed by atoms with Crippen LogP contribution >= 0.6 is 0 Å². The Labute approximate surface area is 208 Å². The van der Waals surface area contributed by atoms with E-state index >= 15 is 0 Å². The van der Waals surface area contributed by atoms with E-state index in [2.05, 4.69) is 10.5 Å². The Morgan fingerprint density at radius 2 is 1.94 bits per heavy atom. The Hall–Kier alpha value is -3.91. The maximum atomic E-state index is 12.6. The smallest absolute Gasteiger partial charge is 0.270 e. The minimum atomic E-state index is -3.89. The molecule has 1 aliphatic rings. The molecule has 0 bridgehead atoms. The standard InChI is InChI=1S/C22H27N5O8S/c1-33-18-5-7-21(34-2)20(13-18)26(36(3,31)32)15-22(28)24-23-14-16-12-17(27(29)30)4-6-19(16)25-8-10-35-11-9-25/h4-7,12-14H,8-11,15H2,1-3H3,(H,24,28)/b23-14-. The van der Waals surface area contributed by atoms with Gasteiger partial charge in [-0.25, -0.2) is 13.8 Å². The second-order valence-corrected chi connectivity index (χ2v) is 9.61. The highest BCUT2D eigenvalue weighted by molar-refractivity contribution is 7.92. The largest absolute Gasteiger partial charge is 0.497 e. The van der Waals surface area contributed by atoms with Gasteiger partial charge in [-0.1, -0.05) is 0 Å². The average Bonchev–Trinajstić information content (AvgIpc) is 2.86. The molecule has 1 saturated heterocycles. The number of hydrazone groups is 1. The van der Waals surface area contributed by atoms with Gasteiger partial charge in [0.1, 0.15) is 18.0 Å². The Balaban J connectivity index is 1.82. The SMILES string of the molecule is COc1ccc(OC)c(N(CC(=O)N/N=C\c2cc([N+](=O)[O-])ccc2N2CCOCC2)S(C)(=O)=O)c1. The maximum Gasteiger partial charge on any atom is 0.270 e. The lowest BCUT2D eigenvalue weighted by Crippen LogP contribution is -2.39. The number of hydrogen-bond donors (Lipinski definition) is 1. The quantitative estimate of drug-likeness (QED) is 0.277. The normalized spacial score (nSPS) is 13.9. The zero-order valence-electron chi connectivity index (χ0n) is 20.0. The van der Waals surface area contributed by atoms with Crippen molar-refractivity contribution in [3.63, 3.8) is 0 Å². The van der Waals surface area contributed by atoms with Crippen LogP contribution in [0, 0.1) is 10.1 Å². The molecule has 14 heteroatoms. The molecule has 0 aromatic heterocycles. The van der Waals surface area contributed by atoms with Crippen molar-refractivity contribution in [2.24, 2.45) is 5.10 Å². The van der Waals surface area contributed by atoms with Gasteiger partial charge in [-0.3, -0.25) is 19.2 Å². The molecule has 1 fully saturated rings. The van der Waals surface area contributed by atoms with E-state index in [9.17, 15) is 23.3 Å². The number of hydrogen-bond acceptors (Lipinski definition) is 10. The van der Waals surface area contributed by atoms with Crippen molar-refractivity contribution >= 4 is 39.2 Å². The first-order chi connectivity index (χ1) is 17.1. The predicted octanol–water partition coefficient (Wildman–Crippen LogP) is 1.36. The lowest BCUT2D eigenvalue weighted by Gasteiger charge is -2.29. The van der Waals surface area contributed by atoms with Crippen LogP contribution in [0.1, 0.15) is 5.56 Å². The third-order valence-electron chi connectivity index (χ3n) is 5.31. The molecular weight excluding hydrogens is 494 g/mol. The summed E-state index contributed by atoms with van der Waals surface area (Å²) in [5.74, 6) is -0.136. The lowest BCUT2D eigenvalue weighted by atomic mass is 10.1. The molecule has 0 atom stereocenters. The molecule has 0 saturated carbocycles. The van der Waals surface area contributed by atoms with Crippen molar-refractivity contribution in [3.05, 3.63) is 52.1 Å². The summed E-state index contributed by atoms with van der Waals surface area (Å²) in [6, 6.07) is 8.92. The van der Waals surface area contributed by atoms with Crippen LogP contribution in [0.25, 0.3) is 0 Å². The number of amides is 1. The van der Waals surface area contributed by atoms with Crippen LogP contribution in [0.15, 0.2) is 41.5 Å². The van der Waals surface area contributed by atoms with Crippen LogP contribution in [0.3, 0.4) is 0 Å². The Morgan fingerprint density at radius 3 is 2.56 bits per heavy atom. The number of non-ortho nitro benzene ring substituents is 1. The number of morpholine rings is 1. The predicted molar refractivity (Wildman–Crippen MR) is 134 cm³/mol. The molecule has 3 rings (SSSR count). The van der Waals surface area contributed by atoms with Gasteiger partial charge in [0.15, 0.2) is 0 Å². The number of methoxy groups -OCH3 is 2. The molecule has 1 amide bonds. The van der Waals surface area contributed by atoms with E-state index in [1.165, 1.54) is 44.7 Å². The second kappa shape index (κ2) is 11.7. The topological polar surface area (TPSA) is 153 Å². The molecule has 0 unspecified atom stereocenters. The molecule has 0 radical (unpaired) electrons. The molecule has 1 N–H and O–H groups in total. The third kappa shape index (κ3) is 6.60. The minimum absolute atomic E-state index is 0.117. The van der Waals surface area contributed by atoms with Crippen molar-refractivity contribution in [1.82, 2.24) is 5.43 Å². The minimum Gasteiger partial charge on any atom is -0.497 e. The highest BCUT2D eigenvalue weighted by Gasteiger charge is 2.25. The highest BCUT2D eigenvalue weighted by Crippen LogP contribution is 2.33. The molecule has 13 nitrogen and oxygen atoms in total. The van der Waals surface area contributed by atoms with Gasteiger partial charge in [0, 0.05) is 42.5 Å². The van der Waals surface area contributed by atoms with Crippen LogP contribution in [0.4, 0.5) is 17.1 Å². The lowest BCUT2D eigenvalue weighted by molar-refractivity contribution is -0.384. The number of nitro groups is 1. The molecule has 0 spiro atoms. The summed E-state index contributed by atoms with van der Waals surface area (Å²) in [7, 11) is -1.09. The molecule has 1 heterocycles. The third-order valence-corrected chi connectivity index (χ3v) is 6.44. The summed E-state index contributed by atoms with van der Waals surface area (Å²) in [4.78, 5) is 25.4. The van der Waals surface area contributed by atoms with Gasteiger partial charge in [-0.2, -0.15) is 5.10 Å². The number of carbonyl (C=O) groups excluding carboxylic acids is 1. The first-order valence-electron chi connectivity index (χ1n) is 10.8.